The van der Waals surface area contributed by atoms with Crippen LogP contribution in [0.1, 0.15) is 31.9 Å². The van der Waals surface area contributed by atoms with Gasteiger partial charge in [0.1, 0.15) is 5.75 Å². The van der Waals surface area contributed by atoms with Crippen LogP contribution in [-0.2, 0) is 9.84 Å². The lowest BCUT2D eigenvalue weighted by Crippen LogP contribution is -2.35. The molecule has 0 saturated carbocycles. The molecule has 0 aliphatic heterocycles. The van der Waals surface area contributed by atoms with Crippen LogP contribution in [0.15, 0.2) is 22.7 Å². The molecular weight excluding hydrogens is 342 g/mol. The Balaban J connectivity index is 3.13. The molecule has 1 N–H and O–H groups in total. The summed E-state index contributed by atoms with van der Waals surface area (Å²) in [6.07, 6.45) is 2.22. The number of hydrogen-bond donors (Lipinski definition) is 1. The van der Waals surface area contributed by atoms with E-state index in [1.165, 1.54) is 6.26 Å². The molecule has 6 heteroatoms. The number of methoxy groups -OCH3 is 1. The van der Waals surface area contributed by atoms with E-state index < -0.39 is 15.1 Å². The van der Waals surface area contributed by atoms with E-state index in [0.717, 1.165) is 28.8 Å². The third kappa shape index (κ3) is 4.46. The van der Waals surface area contributed by atoms with Crippen LogP contribution in [0, 0.1) is 0 Å². The summed E-state index contributed by atoms with van der Waals surface area (Å²) in [6, 6.07) is 5.42. The van der Waals surface area contributed by atoms with Gasteiger partial charge in [-0.1, -0.05) is 13.0 Å². The monoisotopic (exact) mass is 363 g/mol. The van der Waals surface area contributed by atoms with Gasteiger partial charge in [-0.2, -0.15) is 0 Å². The van der Waals surface area contributed by atoms with Gasteiger partial charge in [-0.3, -0.25) is 0 Å². The highest BCUT2D eigenvalue weighted by molar-refractivity contribution is 9.10. The van der Waals surface area contributed by atoms with E-state index in [1.54, 1.807) is 14.0 Å². The molecule has 0 amide bonds. The van der Waals surface area contributed by atoms with Crippen LogP contribution < -0.4 is 10.1 Å². The van der Waals surface area contributed by atoms with Crippen molar-refractivity contribution >= 4 is 25.8 Å². The van der Waals surface area contributed by atoms with Gasteiger partial charge in [-0.15, -0.1) is 0 Å². The molecule has 114 valence electrons. The molecule has 1 rings (SSSR count). The first kappa shape index (κ1) is 17.5. The Hall–Kier alpha value is -0.590. The fraction of sp³-hybridized carbons (Fsp3) is 0.571. The van der Waals surface area contributed by atoms with Crippen molar-refractivity contribution in [2.45, 2.75) is 31.6 Å². The Bertz CT molecular complexity index is 545. The average molecular weight is 364 g/mol. The van der Waals surface area contributed by atoms with Crippen LogP contribution in [-0.4, -0.2) is 33.6 Å². The van der Waals surface area contributed by atoms with Crippen molar-refractivity contribution in [1.82, 2.24) is 5.32 Å². The van der Waals surface area contributed by atoms with Gasteiger partial charge < -0.3 is 10.1 Å². The van der Waals surface area contributed by atoms with E-state index in [4.69, 9.17) is 4.74 Å². The Morgan fingerprint density at radius 1 is 1.40 bits per heavy atom. The smallest absolute Gasteiger partial charge is 0.151 e. The number of rotatable bonds is 7. The second kappa shape index (κ2) is 7.43. The number of benzene rings is 1. The highest BCUT2D eigenvalue weighted by atomic mass is 79.9. The molecular formula is C14H22BrNO3S. The van der Waals surface area contributed by atoms with Crippen molar-refractivity contribution in [2.24, 2.45) is 0 Å². The number of nitrogens with one attached hydrogen (secondary N) is 1. The van der Waals surface area contributed by atoms with Crippen LogP contribution in [0.5, 0.6) is 5.75 Å². The first-order valence-corrected chi connectivity index (χ1v) is 9.31. The minimum atomic E-state index is -3.12. The standard InChI is InChI=1S/C14H22BrNO3S/c1-5-8-16-14(10(2)20(4,17)18)11-6-7-13(19-3)12(15)9-11/h6-7,9-10,14,16H,5,8H2,1-4H3. The molecule has 0 spiro atoms. The van der Waals surface area contributed by atoms with Gasteiger partial charge in [-0.25, -0.2) is 8.42 Å². The number of sulfone groups is 1. The molecule has 1 aromatic rings. The second-order valence-corrected chi connectivity index (χ2v) is 8.12. The van der Waals surface area contributed by atoms with Crippen molar-refractivity contribution in [3.05, 3.63) is 28.2 Å². The van der Waals surface area contributed by atoms with E-state index in [-0.39, 0.29) is 6.04 Å². The Morgan fingerprint density at radius 2 is 2.05 bits per heavy atom. The fourth-order valence-electron chi connectivity index (χ4n) is 1.98. The van der Waals surface area contributed by atoms with Gasteiger partial charge in [0.25, 0.3) is 0 Å². The SMILES string of the molecule is CCCNC(c1ccc(OC)c(Br)c1)C(C)S(C)(=O)=O. The molecule has 2 unspecified atom stereocenters. The molecule has 0 saturated heterocycles. The van der Waals surface area contributed by atoms with Crippen molar-refractivity contribution in [3.63, 3.8) is 0 Å². The topological polar surface area (TPSA) is 55.4 Å². The van der Waals surface area contributed by atoms with Crippen LogP contribution in [0.4, 0.5) is 0 Å². The summed E-state index contributed by atoms with van der Waals surface area (Å²) < 4.78 is 29.7. The van der Waals surface area contributed by atoms with Crippen molar-refractivity contribution < 1.29 is 13.2 Å². The molecule has 1 aromatic carbocycles. The molecule has 20 heavy (non-hydrogen) atoms. The Morgan fingerprint density at radius 3 is 2.50 bits per heavy atom. The van der Waals surface area contributed by atoms with Crippen LogP contribution in [0.3, 0.4) is 0 Å². The van der Waals surface area contributed by atoms with E-state index in [1.807, 2.05) is 18.2 Å². The zero-order valence-corrected chi connectivity index (χ0v) is 14.7. The quantitative estimate of drug-likeness (QED) is 0.808. The molecule has 0 aromatic heterocycles. The van der Waals surface area contributed by atoms with E-state index in [9.17, 15) is 8.42 Å². The first-order valence-electron chi connectivity index (χ1n) is 6.57. The number of ether oxygens (including phenoxy) is 1. The fourth-order valence-corrected chi connectivity index (χ4v) is 3.28. The third-order valence-corrected chi connectivity index (χ3v) is 5.54. The average Bonchev–Trinajstić information content (AvgIpc) is 2.38. The molecule has 2 atom stereocenters. The molecule has 0 radical (unpaired) electrons. The first-order chi connectivity index (χ1) is 9.31. The third-order valence-electron chi connectivity index (χ3n) is 3.29. The molecule has 0 bridgehead atoms. The second-order valence-electron chi connectivity index (χ2n) is 4.86. The maximum absolute atomic E-state index is 11.8. The van der Waals surface area contributed by atoms with Gasteiger partial charge in [-0.05, 0) is 53.5 Å². The van der Waals surface area contributed by atoms with Crippen LogP contribution >= 0.6 is 15.9 Å². The maximum atomic E-state index is 11.8. The zero-order chi connectivity index (χ0) is 15.3. The summed E-state index contributed by atoms with van der Waals surface area (Å²) in [7, 11) is -1.52. The van der Waals surface area contributed by atoms with E-state index >= 15 is 0 Å². The molecule has 4 nitrogen and oxygen atoms in total. The summed E-state index contributed by atoms with van der Waals surface area (Å²) in [5.41, 5.74) is 0.934. The minimum Gasteiger partial charge on any atom is -0.496 e. The van der Waals surface area contributed by atoms with Crippen molar-refractivity contribution in [2.75, 3.05) is 19.9 Å². The molecule has 0 fully saturated rings. The molecule has 0 heterocycles. The summed E-state index contributed by atoms with van der Waals surface area (Å²) in [5.74, 6) is 0.731. The van der Waals surface area contributed by atoms with Crippen molar-refractivity contribution in [1.29, 1.82) is 0 Å². The summed E-state index contributed by atoms with van der Waals surface area (Å²) in [5, 5.41) is 2.82. The summed E-state index contributed by atoms with van der Waals surface area (Å²) >= 11 is 3.44. The highest BCUT2D eigenvalue weighted by Crippen LogP contribution is 2.30. The predicted molar refractivity (Wildman–Crippen MR) is 86.0 cm³/mol. The minimum absolute atomic E-state index is 0.229. The van der Waals surface area contributed by atoms with Crippen LogP contribution in [0.2, 0.25) is 0 Å². The van der Waals surface area contributed by atoms with Gasteiger partial charge in [0, 0.05) is 12.3 Å². The normalized spacial score (nSPS) is 14.8. The Labute approximate surface area is 130 Å². The highest BCUT2D eigenvalue weighted by Gasteiger charge is 2.27. The zero-order valence-electron chi connectivity index (χ0n) is 12.3. The summed E-state index contributed by atoms with van der Waals surface area (Å²) in [6.45, 7) is 4.56. The molecule has 0 aliphatic rings. The molecule has 0 aliphatic carbocycles. The lowest BCUT2D eigenvalue weighted by atomic mass is 10.0. The maximum Gasteiger partial charge on any atom is 0.151 e. The van der Waals surface area contributed by atoms with Crippen LogP contribution in [0.25, 0.3) is 0 Å². The van der Waals surface area contributed by atoms with Gasteiger partial charge in [0.2, 0.25) is 0 Å². The predicted octanol–water partition coefficient (Wildman–Crippen LogP) is 2.93. The van der Waals surface area contributed by atoms with Crippen molar-refractivity contribution in [3.8, 4) is 5.75 Å². The lowest BCUT2D eigenvalue weighted by Gasteiger charge is -2.25. The number of hydrogen-bond acceptors (Lipinski definition) is 4. The van der Waals surface area contributed by atoms with E-state index in [0.29, 0.717) is 0 Å². The Kier molecular flexibility index (Phi) is 6.48. The number of halogens is 1. The van der Waals surface area contributed by atoms with E-state index in [2.05, 4.69) is 28.2 Å². The van der Waals surface area contributed by atoms with Gasteiger partial charge >= 0.3 is 0 Å². The largest absolute Gasteiger partial charge is 0.496 e. The lowest BCUT2D eigenvalue weighted by molar-refractivity contribution is 0.411. The van der Waals surface area contributed by atoms with Gasteiger partial charge in [0.05, 0.1) is 16.8 Å². The van der Waals surface area contributed by atoms with Gasteiger partial charge in [0.15, 0.2) is 9.84 Å². The summed E-state index contributed by atoms with van der Waals surface area (Å²) in [4.78, 5) is 0.